The number of fused-ring (bicyclic) bond motifs is 2. The van der Waals surface area contributed by atoms with Gasteiger partial charge in [-0.3, -0.25) is 4.79 Å². The summed E-state index contributed by atoms with van der Waals surface area (Å²) in [6.07, 6.45) is 7.36. The van der Waals surface area contributed by atoms with Gasteiger partial charge in [-0.05, 0) is 51.0 Å². The van der Waals surface area contributed by atoms with Crippen molar-refractivity contribution < 1.29 is 14.2 Å². The van der Waals surface area contributed by atoms with Crippen LogP contribution in [-0.4, -0.2) is 58.5 Å². The van der Waals surface area contributed by atoms with Crippen molar-refractivity contribution in [3.05, 3.63) is 45.9 Å². The molecule has 6 rings (SSSR count). The van der Waals surface area contributed by atoms with Gasteiger partial charge in [0, 0.05) is 38.3 Å². The Balaban J connectivity index is 1.20. The van der Waals surface area contributed by atoms with Crippen LogP contribution in [0.4, 0.5) is 5.69 Å². The van der Waals surface area contributed by atoms with Crippen LogP contribution in [-0.2, 0) is 24.6 Å². The average Bonchev–Trinajstić information content (AvgIpc) is 3.36. The largest absolute Gasteiger partial charge is 0.489 e. The van der Waals surface area contributed by atoms with Gasteiger partial charge in [-0.2, -0.15) is 0 Å². The molecule has 3 aromatic rings. The Labute approximate surface area is 210 Å². The lowest BCUT2D eigenvalue weighted by Crippen LogP contribution is -2.36. The number of hydrogen-bond donors (Lipinski definition) is 0. The molecule has 0 unspecified atom stereocenters. The first-order valence-corrected chi connectivity index (χ1v) is 13.0. The van der Waals surface area contributed by atoms with E-state index in [9.17, 15) is 4.79 Å². The molecule has 0 radical (unpaired) electrons. The SMILES string of the molecule is Cc1nc2c(c(CC3CCC(Oc4cc(N5CCOCC5)cc5ncc(=O)n(C)c45)CC3)n1)OCC2. The highest BCUT2D eigenvalue weighted by Gasteiger charge is 2.28. The summed E-state index contributed by atoms with van der Waals surface area (Å²) >= 11 is 0. The first kappa shape index (κ1) is 23.2. The smallest absolute Gasteiger partial charge is 0.269 e. The van der Waals surface area contributed by atoms with E-state index in [0.29, 0.717) is 25.7 Å². The maximum atomic E-state index is 12.4. The number of ether oxygens (including phenoxy) is 3. The molecule has 0 spiro atoms. The topological polar surface area (TPSA) is 91.6 Å². The van der Waals surface area contributed by atoms with Crippen LogP contribution in [0, 0.1) is 12.8 Å². The fourth-order valence-electron chi connectivity index (χ4n) is 5.74. The van der Waals surface area contributed by atoms with Crippen molar-refractivity contribution >= 4 is 16.7 Å². The maximum absolute atomic E-state index is 12.4. The summed E-state index contributed by atoms with van der Waals surface area (Å²) in [5.41, 5.74) is 4.58. The molecule has 1 aliphatic carbocycles. The molecular formula is C27H33N5O4. The van der Waals surface area contributed by atoms with Crippen molar-refractivity contribution in [2.45, 2.75) is 51.6 Å². The van der Waals surface area contributed by atoms with Crippen molar-refractivity contribution in [3.8, 4) is 11.5 Å². The highest BCUT2D eigenvalue weighted by atomic mass is 16.5. The van der Waals surface area contributed by atoms with E-state index in [0.717, 1.165) is 97.0 Å². The first-order valence-electron chi connectivity index (χ1n) is 13.0. The van der Waals surface area contributed by atoms with Crippen LogP contribution in [0.25, 0.3) is 11.0 Å². The second-order valence-corrected chi connectivity index (χ2v) is 10.1. The molecule has 190 valence electrons. The van der Waals surface area contributed by atoms with Crippen LogP contribution in [0.5, 0.6) is 11.5 Å². The third kappa shape index (κ3) is 4.52. The molecule has 2 fully saturated rings. The molecular weight excluding hydrogens is 458 g/mol. The molecule has 0 amide bonds. The summed E-state index contributed by atoms with van der Waals surface area (Å²) in [6.45, 7) is 5.74. The van der Waals surface area contributed by atoms with E-state index in [-0.39, 0.29) is 11.7 Å². The third-order valence-corrected chi connectivity index (χ3v) is 7.67. The number of anilines is 1. The van der Waals surface area contributed by atoms with Gasteiger partial charge in [0.15, 0.2) is 5.75 Å². The van der Waals surface area contributed by atoms with E-state index in [1.165, 1.54) is 6.20 Å². The fraction of sp³-hybridized carbons (Fsp3) is 0.556. The Hall–Kier alpha value is -3.20. The van der Waals surface area contributed by atoms with Crippen molar-refractivity contribution in [2.75, 3.05) is 37.8 Å². The Morgan fingerprint density at radius 1 is 1.08 bits per heavy atom. The summed E-state index contributed by atoms with van der Waals surface area (Å²) in [5.74, 6) is 3.04. The molecule has 2 aromatic heterocycles. The molecule has 0 bridgehead atoms. The minimum Gasteiger partial charge on any atom is -0.489 e. The normalized spacial score (nSPS) is 21.9. The van der Waals surface area contributed by atoms with E-state index in [1.807, 2.05) is 13.0 Å². The highest BCUT2D eigenvalue weighted by Crippen LogP contribution is 2.36. The van der Waals surface area contributed by atoms with Gasteiger partial charge in [0.05, 0.1) is 49.0 Å². The maximum Gasteiger partial charge on any atom is 0.269 e. The zero-order chi connectivity index (χ0) is 24.6. The van der Waals surface area contributed by atoms with Crippen LogP contribution < -0.4 is 19.9 Å². The van der Waals surface area contributed by atoms with Gasteiger partial charge in [0.2, 0.25) is 0 Å². The number of aromatic nitrogens is 4. The van der Waals surface area contributed by atoms with E-state index in [2.05, 4.69) is 20.9 Å². The Kier molecular flexibility index (Phi) is 6.25. The van der Waals surface area contributed by atoms with Crippen LogP contribution >= 0.6 is 0 Å². The molecule has 2 aliphatic heterocycles. The lowest BCUT2D eigenvalue weighted by Gasteiger charge is -2.31. The lowest BCUT2D eigenvalue weighted by atomic mass is 9.84. The average molecular weight is 492 g/mol. The Bertz CT molecular complexity index is 1330. The molecule has 1 saturated carbocycles. The highest BCUT2D eigenvalue weighted by molar-refractivity contribution is 5.85. The number of nitrogens with zero attached hydrogens (tertiary/aromatic N) is 5. The molecule has 1 aromatic carbocycles. The van der Waals surface area contributed by atoms with E-state index >= 15 is 0 Å². The van der Waals surface area contributed by atoms with Gasteiger partial charge < -0.3 is 23.7 Å². The monoisotopic (exact) mass is 491 g/mol. The van der Waals surface area contributed by atoms with Crippen molar-refractivity contribution in [2.24, 2.45) is 13.0 Å². The van der Waals surface area contributed by atoms with Crippen molar-refractivity contribution in [1.82, 2.24) is 19.5 Å². The van der Waals surface area contributed by atoms with Crippen LogP contribution in [0.1, 0.15) is 42.9 Å². The van der Waals surface area contributed by atoms with E-state index in [4.69, 9.17) is 19.2 Å². The number of aryl methyl sites for hydroxylation is 2. The summed E-state index contributed by atoms with van der Waals surface area (Å²) in [7, 11) is 1.79. The first-order chi connectivity index (χ1) is 17.5. The van der Waals surface area contributed by atoms with Gasteiger partial charge >= 0.3 is 0 Å². The standard InChI is InChI=1S/C27H33N5O4/c1-17-29-21-7-10-35-27(21)23(30-17)13-18-3-5-20(6-4-18)36-24-15-19(32-8-11-34-12-9-32)14-22-26(24)31(2)25(33)16-28-22/h14-16,18,20H,3-13H2,1-2H3. The zero-order valence-corrected chi connectivity index (χ0v) is 21.0. The van der Waals surface area contributed by atoms with Gasteiger partial charge in [-0.15, -0.1) is 0 Å². The summed E-state index contributed by atoms with van der Waals surface area (Å²) in [6, 6.07) is 4.12. The Morgan fingerprint density at radius 3 is 2.69 bits per heavy atom. The minimum absolute atomic E-state index is 0.105. The fourth-order valence-corrected chi connectivity index (χ4v) is 5.74. The summed E-state index contributed by atoms with van der Waals surface area (Å²) in [4.78, 5) is 28.4. The molecule has 9 heteroatoms. The number of rotatable bonds is 5. The van der Waals surface area contributed by atoms with Gasteiger partial charge in [-0.25, -0.2) is 15.0 Å². The van der Waals surface area contributed by atoms with Crippen LogP contribution in [0.15, 0.2) is 23.1 Å². The van der Waals surface area contributed by atoms with Gasteiger partial charge in [-0.1, -0.05) is 0 Å². The van der Waals surface area contributed by atoms with Gasteiger partial charge in [0.25, 0.3) is 5.56 Å². The second-order valence-electron chi connectivity index (χ2n) is 10.1. The van der Waals surface area contributed by atoms with Gasteiger partial charge in [0.1, 0.15) is 17.1 Å². The quantitative estimate of drug-likeness (QED) is 0.538. The molecule has 0 atom stereocenters. The van der Waals surface area contributed by atoms with Crippen molar-refractivity contribution in [3.63, 3.8) is 0 Å². The van der Waals surface area contributed by atoms with Crippen LogP contribution in [0.3, 0.4) is 0 Å². The molecule has 0 N–H and O–H groups in total. The van der Waals surface area contributed by atoms with E-state index in [1.54, 1.807) is 11.6 Å². The summed E-state index contributed by atoms with van der Waals surface area (Å²) in [5, 5.41) is 0. The molecule has 9 nitrogen and oxygen atoms in total. The number of benzene rings is 1. The number of morpholine rings is 1. The Morgan fingerprint density at radius 2 is 1.89 bits per heavy atom. The number of hydrogen-bond acceptors (Lipinski definition) is 8. The third-order valence-electron chi connectivity index (χ3n) is 7.67. The predicted octanol–water partition coefficient (Wildman–Crippen LogP) is 2.98. The van der Waals surface area contributed by atoms with Crippen LogP contribution in [0.2, 0.25) is 0 Å². The minimum atomic E-state index is -0.134. The molecule has 3 aliphatic rings. The molecule has 36 heavy (non-hydrogen) atoms. The predicted molar refractivity (Wildman–Crippen MR) is 136 cm³/mol. The molecule has 4 heterocycles. The lowest BCUT2D eigenvalue weighted by molar-refractivity contribution is 0.122. The zero-order valence-electron chi connectivity index (χ0n) is 21.0. The van der Waals surface area contributed by atoms with E-state index < -0.39 is 0 Å². The molecule has 1 saturated heterocycles. The van der Waals surface area contributed by atoms with Crippen molar-refractivity contribution in [1.29, 1.82) is 0 Å². The summed E-state index contributed by atoms with van der Waals surface area (Å²) < 4.78 is 19.6. The second kappa shape index (κ2) is 9.69.